The summed E-state index contributed by atoms with van der Waals surface area (Å²) in [5, 5.41) is 2.86. The van der Waals surface area contributed by atoms with Crippen LogP contribution < -0.4 is 11.1 Å². The largest absolute Gasteiger partial charge is 0.342 e. The van der Waals surface area contributed by atoms with Gasteiger partial charge in [0.15, 0.2) is 0 Å². The third kappa shape index (κ3) is 3.82. The molecule has 0 spiro atoms. The average molecular weight is 288 g/mol. The summed E-state index contributed by atoms with van der Waals surface area (Å²) < 4.78 is 0. The first kappa shape index (κ1) is 15.5. The van der Waals surface area contributed by atoms with Gasteiger partial charge < -0.3 is 16.0 Å². The number of nitrogens with one attached hydrogen (secondary N) is 2. The summed E-state index contributed by atoms with van der Waals surface area (Å²) in [5.41, 5.74) is 8.46. The van der Waals surface area contributed by atoms with Crippen LogP contribution in [-0.4, -0.2) is 21.9 Å². The van der Waals surface area contributed by atoms with Crippen LogP contribution in [0.2, 0.25) is 0 Å². The zero-order chi connectivity index (χ0) is 15.4. The van der Waals surface area contributed by atoms with Gasteiger partial charge in [-0.05, 0) is 30.5 Å². The van der Waals surface area contributed by atoms with Crippen LogP contribution in [0.25, 0.3) is 11.0 Å². The van der Waals surface area contributed by atoms with Gasteiger partial charge in [-0.2, -0.15) is 0 Å². The van der Waals surface area contributed by atoms with E-state index in [1.807, 2.05) is 32.0 Å². The molecule has 5 heteroatoms. The van der Waals surface area contributed by atoms with Crippen LogP contribution in [0.3, 0.4) is 0 Å². The van der Waals surface area contributed by atoms with Gasteiger partial charge in [0.25, 0.3) is 0 Å². The number of aromatic nitrogens is 2. The first-order valence-corrected chi connectivity index (χ1v) is 7.56. The predicted octanol–water partition coefficient (Wildman–Crippen LogP) is 2.83. The molecule has 1 aromatic heterocycles. The summed E-state index contributed by atoms with van der Waals surface area (Å²) in [6.07, 6.45) is 3.21. The molecule has 114 valence electrons. The molecule has 0 aliphatic heterocycles. The van der Waals surface area contributed by atoms with E-state index in [1.165, 1.54) is 0 Å². The monoisotopic (exact) mass is 288 g/mol. The number of aromatic amines is 1. The number of unbranched alkanes of at least 4 members (excludes halogenated alkanes) is 1. The van der Waals surface area contributed by atoms with Gasteiger partial charge in [-0.3, -0.25) is 4.79 Å². The highest BCUT2D eigenvalue weighted by Crippen LogP contribution is 2.18. The summed E-state index contributed by atoms with van der Waals surface area (Å²) in [6.45, 7) is 6.03. The van der Waals surface area contributed by atoms with E-state index >= 15 is 0 Å². The van der Waals surface area contributed by atoms with Crippen molar-refractivity contribution in [3.05, 3.63) is 24.0 Å². The number of carbonyl (C=O) groups excluding carboxylic acids is 1. The number of aryl methyl sites for hydroxylation is 1. The Morgan fingerprint density at radius 3 is 2.86 bits per heavy atom. The Morgan fingerprint density at radius 1 is 1.43 bits per heavy atom. The molecule has 1 aromatic carbocycles. The van der Waals surface area contributed by atoms with E-state index in [0.29, 0.717) is 0 Å². The van der Waals surface area contributed by atoms with Gasteiger partial charge >= 0.3 is 0 Å². The van der Waals surface area contributed by atoms with Crippen molar-refractivity contribution in [1.29, 1.82) is 0 Å². The molecule has 0 aliphatic rings. The molecule has 0 radical (unpaired) electrons. The second kappa shape index (κ2) is 6.72. The van der Waals surface area contributed by atoms with Gasteiger partial charge in [0.2, 0.25) is 5.91 Å². The summed E-state index contributed by atoms with van der Waals surface area (Å²) in [4.78, 5) is 19.8. The van der Waals surface area contributed by atoms with E-state index in [2.05, 4.69) is 22.2 Å². The molecule has 1 atom stereocenters. The van der Waals surface area contributed by atoms with E-state index in [1.54, 1.807) is 0 Å². The zero-order valence-electron chi connectivity index (χ0n) is 12.9. The van der Waals surface area contributed by atoms with Crippen molar-refractivity contribution in [2.45, 2.75) is 46.1 Å². The highest BCUT2D eigenvalue weighted by molar-refractivity contribution is 5.96. The van der Waals surface area contributed by atoms with Gasteiger partial charge in [-0.25, -0.2) is 4.98 Å². The number of nitrogens with two attached hydrogens (primary N) is 1. The lowest BCUT2D eigenvalue weighted by Crippen LogP contribution is -2.39. The molecule has 0 saturated heterocycles. The van der Waals surface area contributed by atoms with Crippen LogP contribution in [0.5, 0.6) is 0 Å². The maximum absolute atomic E-state index is 12.0. The summed E-state index contributed by atoms with van der Waals surface area (Å²) in [6, 6.07) is 5.18. The molecule has 4 N–H and O–H groups in total. The van der Waals surface area contributed by atoms with Crippen LogP contribution >= 0.6 is 0 Å². The first-order valence-electron chi connectivity index (χ1n) is 7.56. The van der Waals surface area contributed by atoms with Crippen LogP contribution in [0.1, 0.15) is 39.4 Å². The summed E-state index contributed by atoms with van der Waals surface area (Å²) >= 11 is 0. The molecular formula is C16H24N4O. The minimum Gasteiger partial charge on any atom is -0.342 e. The Hall–Kier alpha value is -1.88. The van der Waals surface area contributed by atoms with Crippen molar-refractivity contribution < 1.29 is 4.79 Å². The van der Waals surface area contributed by atoms with Gasteiger partial charge in [-0.1, -0.05) is 27.2 Å². The highest BCUT2D eigenvalue weighted by atomic mass is 16.2. The molecule has 2 rings (SSSR count). The minimum atomic E-state index is -0.498. The molecule has 5 nitrogen and oxygen atoms in total. The average Bonchev–Trinajstić information content (AvgIpc) is 2.86. The van der Waals surface area contributed by atoms with Crippen LogP contribution in [-0.2, 0) is 11.2 Å². The smallest absolute Gasteiger partial charge is 0.241 e. The molecule has 0 bridgehead atoms. The molecule has 21 heavy (non-hydrogen) atoms. The van der Waals surface area contributed by atoms with Crippen LogP contribution in [0.15, 0.2) is 18.2 Å². The van der Waals surface area contributed by atoms with E-state index in [0.717, 1.165) is 41.8 Å². The number of nitrogens with zero attached hydrogens (tertiary/aromatic N) is 1. The van der Waals surface area contributed by atoms with E-state index < -0.39 is 6.04 Å². The number of amides is 1. The lowest BCUT2D eigenvalue weighted by atomic mass is 10.0. The van der Waals surface area contributed by atoms with E-state index in [4.69, 9.17) is 5.73 Å². The quantitative estimate of drug-likeness (QED) is 0.764. The molecule has 0 saturated carbocycles. The van der Waals surface area contributed by atoms with Crippen molar-refractivity contribution in [2.75, 3.05) is 5.32 Å². The Balaban J connectivity index is 2.13. The van der Waals surface area contributed by atoms with E-state index in [-0.39, 0.29) is 11.8 Å². The van der Waals surface area contributed by atoms with Gasteiger partial charge in [-0.15, -0.1) is 0 Å². The maximum atomic E-state index is 12.0. The molecule has 0 fully saturated rings. The fraction of sp³-hybridized carbons (Fsp3) is 0.500. The van der Waals surface area contributed by atoms with Crippen molar-refractivity contribution in [2.24, 2.45) is 11.7 Å². The first-order chi connectivity index (χ1) is 10.0. The third-order valence-electron chi connectivity index (χ3n) is 3.59. The molecule has 0 aliphatic carbocycles. The number of rotatable bonds is 6. The highest BCUT2D eigenvalue weighted by Gasteiger charge is 2.17. The molecule has 2 aromatic rings. The summed E-state index contributed by atoms with van der Waals surface area (Å²) in [5.74, 6) is 0.950. The van der Waals surface area contributed by atoms with Crippen molar-refractivity contribution in [3.8, 4) is 0 Å². The Labute approximate surface area is 125 Å². The topological polar surface area (TPSA) is 83.8 Å². The maximum Gasteiger partial charge on any atom is 0.241 e. The van der Waals surface area contributed by atoms with Crippen molar-refractivity contribution in [3.63, 3.8) is 0 Å². The third-order valence-corrected chi connectivity index (χ3v) is 3.59. The van der Waals surface area contributed by atoms with Gasteiger partial charge in [0, 0.05) is 12.1 Å². The number of hydrogen-bond donors (Lipinski definition) is 3. The Kier molecular flexibility index (Phi) is 4.96. The predicted molar refractivity (Wildman–Crippen MR) is 86.1 cm³/mol. The fourth-order valence-electron chi connectivity index (χ4n) is 2.13. The van der Waals surface area contributed by atoms with Gasteiger partial charge in [0.05, 0.1) is 17.1 Å². The second-order valence-electron chi connectivity index (χ2n) is 5.78. The van der Waals surface area contributed by atoms with Crippen molar-refractivity contribution in [1.82, 2.24) is 9.97 Å². The molecule has 1 heterocycles. The zero-order valence-corrected chi connectivity index (χ0v) is 12.9. The number of H-pyrrole nitrogens is 1. The number of fused-ring (bicyclic) bond motifs is 1. The molecule has 1 amide bonds. The number of carbonyl (C=O) groups is 1. The molecule has 0 unspecified atom stereocenters. The number of benzene rings is 1. The summed E-state index contributed by atoms with van der Waals surface area (Å²) in [7, 11) is 0. The fourth-order valence-corrected chi connectivity index (χ4v) is 2.13. The number of imidazole rings is 1. The van der Waals surface area contributed by atoms with Crippen LogP contribution in [0.4, 0.5) is 5.69 Å². The standard InChI is InChI=1S/C16H24N4O/c1-4-5-6-14-19-12-8-7-11(9-13(12)20-14)18-16(21)15(17)10(2)3/h7-10,15H,4-6,17H2,1-3H3,(H,18,21)(H,19,20)/t15-/m0/s1. The Bertz CT molecular complexity index is 618. The van der Waals surface area contributed by atoms with Gasteiger partial charge in [0.1, 0.15) is 5.82 Å². The molecular weight excluding hydrogens is 264 g/mol. The number of hydrogen-bond acceptors (Lipinski definition) is 3. The lowest BCUT2D eigenvalue weighted by molar-refractivity contribution is -0.118. The van der Waals surface area contributed by atoms with Crippen LogP contribution in [0, 0.1) is 5.92 Å². The lowest BCUT2D eigenvalue weighted by Gasteiger charge is -2.15. The second-order valence-corrected chi connectivity index (χ2v) is 5.78. The number of anilines is 1. The Morgan fingerprint density at radius 2 is 2.19 bits per heavy atom. The minimum absolute atomic E-state index is 0.113. The van der Waals surface area contributed by atoms with Crippen molar-refractivity contribution >= 4 is 22.6 Å². The SMILES string of the molecule is CCCCc1nc2ccc(NC(=O)[C@@H](N)C(C)C)cc2[nH]1. The van der Waals surface area contributed by atoms with E-state index in [9.17, 15) is 4.79 Å². The normalized spacial score (nSPS) is 12.8.